The molecule has 2 aliphatic rings. The molecule has 1 aromatic carbocycles. The van der Waals surface area contributed by atoms with Crippen molar-refractivity contribution < 1.29 is 28.9 Å². The molecule has 1 atom stereocenters. The van der Waals surface area contributed by atoms with Crippen molar-refractivity contribution in [3.8, 4) is 17.1 Å². The van der Waals surface area contributed by atoms with Crippen LogP contribution in [0.25, 0.3) is 22.3 Å². The number of ether oxygens (including phenoxy) is 2. The number of carbonyl (C=O) groups excluding carboxylic acids is 1. The Morgan fingerprint density at radius 1 is 1.28 bits per heavy atom. The van der Waals surface area contributed by atoms with E-state index in [-0.39, 0.29) is 55.0 Å². The van der Waals surface area contributed by atoms with Crippen molar-refractivity contribution in [3.63, 3.8) is 0 Å². The van der Waals surface area contributed by atoms with E-state index in [0.717, 1.165) is 11.1 Å². The first-order chi connectivity index (χ1) is 15.3. The zero-order valence-electron chi connectivity index (χ0n) is 17.6. The van der Waals surface area contributed by atoms with Crippen molar-refractivity contribution in [1.82, 2.24) is 9.55 Å². The number of nitrogens with zero attached hydrogens (tertiary/aromatic N) is 2. The highest BCUT2D eigenvalue weighted by Gasteiger charge is 2.45. The fraction of sp³-hybridized carbons (Fsp3) is 0.348. The van der Waals surface area contributed by atoms with E-state index in [4.69, 9.17) is 9.47 Å². The molecule has 2 N–H and O–H groups in total. The lowest BCUT2D eigenvalue weighted by Crippen LogP contribution is -2.44. The molecule has 4 heterocycles. The highest BCUT2D eigenvalue weighted by Crippen LogP contribution is 2.41. The van der Waals surface area contributed by atoms with Crippen LogP contribution in [-0.4, -0.2) is 39.5 Å². The molecular weight excluding hydrogens is 419 g/mol. The van der Waals surface area contributed by atoms with Gasteiger partial charge in [0.25, 0.3) is 5.56 Å². The van der Waals surface area contributed by atoms with Crippen molar-refractivity contribution in [1.29, 1.82) is 0 Å². The smallest absolute Gasteiger partial charge is 0.343 e. The van der Waals surface area contributed by atoms with Gasteiger partial charge in [-0.25, -0.2) is 14.2 Å². The van der Waals surface area contributed by atoms with Crippen LogP contribution in [0.5, 0.6) is 5.75 Å². The predicted octanol–water partition coefficient (Wildman–Crippen LogP) is 1.76. The van der Waals surface area contributed by atoms with Gasteiger partial charge in [0.1, 0.15) is 6.61 Å². The number of hydrogen-bond donors (Lipinski definition) is 2. The molecule has 166 valence electrons. The number of carbonyl (C=O) groups is 1. The van der Waals surface area contributed by atoms with Crippen LogP contribution in [0, 0.1) is 5.82 Å². The second-order valence-electron chi connectivity index (χ2n) is 8.00. The summed E-state index contributed by atoms with van der Waals surface area (Å²) >= 11 is 0. The molecule has 0 aliphatic carbocycles. The molecule has 3 aromatic rings. The maximum Gasteiger partial charge on any atom is 0.343 e. The van der Waals surface area contributed by atoms with E-state index in [1.807, 2.05) is 0 Å². The molecule has 9 heteroatoms. The lowest BCUT2D eigenvalue weighted by molar-refractivity contribution is -0.172. The van der Waals surface area contributed by atoms with Crippen LogP contribution in [0.15, 0.2) is 23.0 Å². The number of aliphatic hydroxyl groups excluding tert-OH is 1. The highest BCUT2D eigenvalue weighted by atomic mass is 19.1. The summed E-state index contributed by atoms with van der Waals surface area (Å²) in [7, 11) is 1.37. The molecular formula is C23H21FN2O6. The third kappa shape index (κ3) is 2.64. The second-order valence-corrected chi connectivity index (χ2v) is 8.00. The fourth-order valence-electron chi connectivity index (χ4n) is 4.72. The number of hydrogen-bond acceptors (Lipinski definition) is 7. The van der Waals surface area contributed by atoms with E-state index in [1.54, 1.807) is 19.1 Å². The Balaban J connectivity index is 1.83. The van der Waals surface area contributed by atoms with E-state index in [2.05, 4.69) is 4.98 Å². The molecule has 2 aromatic heterocycles. The summed E-state index contributed by atoms with van der Waals surface area (Å²) in [6.07, 6.45) is 0.319. The minimum Gasteiger partial charge on any atom is -0.494 e. The van der Waals surface area contributed by atoms with Crippen LogP contribution in [0.1, 0.15) is 35.6 Å². The normalized spacial score (nSPS) is 18.8. The quantitative estimate of drug-likeness (QED) is 0.465. The highest BCUT2D eigenvalue weighted by molar-refractivity contribution is 5.90. The standard InChI is InChI=1S/C23H21FN2O6/c1-3-23(30)15-7-18-20-13(9-26(18)21(28)14(15)10-32-22(23)29)11(4-5-27)12-6-19(31-2)16(24)8-17(12)25-20/h6-8,27,30H,3-5,9-10H2,1-2H3/t23-/m0/s1. The Morgan fingerprint density at radius 2 is 2.06 bits per heavy atom. The average Bonchev–Trinajstić information content (AvgIpc) is 3.15. The number of aliphatic hydroxyl groups is 2. The molecule has 32 heavy (non-hydrogen) atoms. The van der Waals surface area contributed by atoms with Gasteiger partial charge in [0.05, 0.1) is 36.1 Å². The molecule has 0 saturated heterocycles. The van der Waals surface area contributed by atoms with Gasteiger partial charge in [0, 0.05) is 29.2 Å². The summed E-state index contributed by atoms with van der Waals surface area (Å²) in [6, 6.07) is 4.41. The summed E-state index contributed by atoms with van der Waals surface area (Å²) < 4.78 is 26.1. The van der Waals surface area contributed by atoms with Gasteiger partial charge >= 0.3 is 5.97 Å². The average molecular weight is 440 g/mol. The predicted molar refractivity (Wildman–Crippen MR) is 112 cm³/mol. The maximum absolute atomic E-state index is 14.4. The lowest BCUT2D eigenvalue weighted by atomic mass is 9.86. The van der Waals surface area contributed by atoms with Crippen LogP contribution in [0.3, 0.4) is 0 Å². The van der Waals surface area contributed by atoms with Gasteiger partial charge in [-0.05, 0) is 30.5 Å². The van der Waals surface area contributed by atoms with Crippen molar-refractivity contribution in [2.45, 2.75) is 38.5 Å². The first-order valence-electron chi connectivity index (χ1n) is 10.3. The van der Waals surface area contributed by atoms with Crippen LogP contribution < -0.4 is 10.3 Å². The Morgan fingerprint density at radius 3 is 2.75 bits per heavy atom. The monoisotopic (exact) mass is 440 g/mol. The molecule has 2 aliphatic heterocycles. The number of cyclic esters (lactones) is 1. The topological polar surface area (TPSA) is 111 Å². The third-order valence-electron chi connectivity index (χ3n) is 6.44. The summed E-state index contributed by atoms with van der Waals surface area (Å²) in [5.41, 5.74) is 0.864. The van der Waals surface area contributed by atoms with Gasteiger partial charge in [-0.1, -0.05) is 6.92 Å². The maximum atomic E-state index is 14.4. The van der Waals surface area contributed by atoms with E-state index in [0.29, 0.717) is 22.3 Å². The number of esters is 1. The first kappa shape index (κ1) is 20.6. The molecule has 0 radical (unpaired) electrons. The Labute approximate surface area is 181 Å². The molecule has 5 rings (SSSR count). The van der Waals surface area contributed by atoms with E-state index in [9.17, 15) is 24.2 Å². The summed E-state index contributed by atoms with van der Waals surface area (Å²) in [5, 5.41) is 21.3. The fourth-order valence-corrected chi connectivity index (χ4v) is 4.72. The molecule has 8 nitrogen and oxygen atoms in total. The number of fused-ring (bicyclic) bond motifs is 5. The zero-order chi connectivity index (χ0) is 22.8. The minimum absolute atomic E-state index is 0.0422. The zero-order valence-corrected chi connectivity index (χ0v) is 17.6. The van der Waals surface area contributed by atoms with Crippen molar-refractivity contribution in [2.24, 2.45) is 0 Å². The van der Waals surface area contributed by atoms with E-state index < -0.39 is 17.4 Å². The number of aromatic nitrogens is 2. The molecule has 0 unspecified atom stereocenters. The molecule has 0 spiro atoms. The largest absolute Gasteiger partial charge is 0.494 e. The third-order valence-corrected chi connectivity index (χ3v) is 6.44. The van der Waals surface area contributed by atoms with Gasteiger partial charge in [-0.3, -0.25) is 4.79 Å². The van der Waals surface area contributed by atoms with Crippen molar-refractivity contribution in [2.75, 3.05) is 13.7 Å². The number of halogens is 1. The molecule has 0 fully saturated rings. The molecule has 0 saturated carbocycles. The van der Waals surface area contributed by atoms with E-state index in [1.165, 1.54) is 17.7 Å². The lowest BCUT2D eigenvalue weighted by Gasteiger charge is -2.31. The van der Waals surface area contributed by atoms with Gasteiger partial charge in [-0.15, -0.1) is 0 Å². The van der Waals surface area contributed by atoms with Crippen LogP contribution in [0.4, 0.5) is 4.39 Å². The second kappa shape index (κ2) is 7.11. The SMILES string of the molecule is CC[C@@]1(O)C(=O)OCc2c1cc1n(c2=O)Cc2c-1nc1cc(F)c(OC)cc1c2CCO. The van der Waals surface area contributed by atoms with Gasteiger partial charge in [0.2, 0.25) is 0 Å². The van der Waals surface area contributed by atoms with Gasteiger partial charge < -0.3 is 24.3 Å². The summed E-state index contributed by atoms with van der Waals surface area (Å²) in [6.45, 7) is 1.47. The number of pyridine rings is 2. The van der Waals surface area contributed by atoms with Crippen molar-refractivity contribution in [3.05, 3.63) is 56.6 Å². The Kier molecular flexibility index (Phi) is 4.58. The van der Waals surface area contributed by atoms with Crippen LogP contribution in [0.2, 0.25) is 0 Å². The Bertz CT molecular complexity index is 1370. The van der Waals surface area contributed by atoms with Crippen molar-refractivity contribution >= 4 is 16.9 Å². The minimum atomic E-state index is -1.92. The van der Waals surface area contributed by atoms with Crippen LogP contribution >= 0.6 is 0 Å². The number of methoxy groups -OCH3 is 1. The number of benzene rings is 1. The molecule has 0 bridgehead atoms. The molecule has 0 amide bonds. The van der Waals surface area contributed by atoms with Gasteiger partial charge in [0.15, 0.2) is 17.2 Å². The summed E-state index contributed by atoms with van der Waals surface area (Å²) in [5.74, 6) is -1.31. The first-order valence-corrected chi connectivity index (χ1v) is 10.3. The Hall–Kier alpha value is -3.30. The van der Waals surface area contributed by atoms with Crippen LogP contribution in [-0.2, 0) is 34.7 Å². The summed E-state index contributed by atoms with van der Waals surface area (Å²) in [4.78, 5) is 30.2. The van der Waals surface area contributed by atoms with E-state index >= 15 is 0 Å². The number of rotatable bonds is 4. The van der Waals surface area contributed by atoms with Gasteiger partial charge in [-0.2, -0.15) is 0 Å².